The Balaban J connectivity index is 1.74. The van der Waals surface area contributed by atoms with Gasteiger partial charge in [0, 0.05) is 16.6 Å². The van der Waals surface area contributed by atoms with Crippen LogP contribution in [0, 0.1) is 0 Å². The predicted octanol–water partition coefficient (Wildman–Crippen LogP) is 3.19. The van der Waals surface area contributed by atoms with Crippen LogP contribution in [0.5, 0.6) is 5.75 Å². The lowest BCUT2D eigenvalue weighted by Gasteiger charge is -2.30. The molecule has 1 aliphatic heterocycles. The average molecular weight is 350 g/mol. The van der Waals surface area contributed by atoms with Crippen LogP contribution >= 0.6 is 11.3 Å². The Morgan fingerprint density at radius 3 is 3.08 bits per heavy atom. The van der Waals surface area contributed by atoms with E-state index in [4.69, 9.17) is 15.5 Å². The average Bonchev–Trinajstić information content (AvgIpc) is 3.31. The van der Waals surface area contributed by atoms with E-state index in [2.05, 4.69) is 20.1 Å². The Bertz CT molecular complexity index is 1060. The molecule has 1 aliphatic rings. The van der Waals surface area contributed by atoms with Gasteiger partial charge >= 0.3 is 0 Å². The number of aromatic amines is 1. The molecule has 0 bridgehead atoms. The van der Waals surface area contributed by atoms with Crippen LogP contribution in [0.1, 0.15) is 0 Å². The highest BCUT2D eigenvalue weighted by atomic mass is 32.1. The second-order valence-electron chi connectivity index (χ2n) is 5.74. The molecule has 0 radical (unpaired) electrons. The molecule has 0 spiro atoms. The minimum absolute atomic E-state index is 0.574. The van der Waals surface area contributed by atoms with E-state index in [1.165, 1.54) is 0 Å². The summed E-state index contributed by atoms with van der Waals surface area (Å²) in [6.07, 6.45) is 1.72. The molecule has 5 rings (SSSR count). The molecule has 0 fully saturated rings. The van der Waals surface area contributed by atoms with Crippen molar-refractivity contribution in [1.82, 2.24) is 20.2 Å². The van der Waals surface area contributed by atoms with Crippen LogP contribution in [-0.2, 0) is 0 Å². The lowest BCUT2D eigenvalue weighted by molar-refractivity contribution is 0.314. The van der Waals surface area contributed by atoms with Crippen molar-refractivity contribution in [3.8, 4) is 17.1 Å². The molecule has 0 unspecified atom stereocenters. The van der Waals surface area contributed by atoms with E-state index in [1.54, 1.807) is 17.5 Å². The molecular weight excluding hydrogens is 336 g/mol. The maximum atomic E-state index is 5.99. The first-order valence-electron chi connectivity index (χ1n) is 7.83. The minimum atomic E-state index is 0.574. The zero-order chi connectivity index (χ0) is 16.8. The SMILES string of the molecule is Nc1ccc2c(c1)N(c1nc(-c3ccsc3)nc3cn[nH]c13)CCO2. The van der Waals surface area contributed by atoms with Gasteiger partial charge in [0.2, 0.25) is 0 Å². The number of nitrogens with one attached hydrogen (secondary N) is 1. The first-order valence-corrected chi connectivity index (χ1v) is 8.77. The van der Waals surface area contributed by atoms with E-state index in [0.717, 1.165) is 33.9 Å². The van der Waals surface area contributed by atoms with E-state index in [0.29, 0.717) is 24.7 Å². The number of anilines is 3. The summed E-state index contributed by atoms with van der Waals surface area (Å²) >= 11 is 1.62. The molecule has 0 aliphatic carbocycles. The number of rotatable bonds is 2. The first kappa shape index (κ1) is 14.2. The summed E-state index contributed by atoms with van der Waals surface area (Å²) in [5.41, 5.74) is 10.1. The van der Waals surface area contributed by atoms with Crippen molar-refractivity contribution >= 4 is 39.6 Å². The summed E-state index contributed by atoms with van der Waals surface area (Å²) in [6, 6.07) is 7.65. The Kier molecular flexibility index (Phi) is 3.10. The Hall–Kier alpha value is -3.13. The molecule has 3 aromatic heterocycles. The maximum Gasteiger partial charge on any atom is 0.163 e. The molecule has 4 heterocycles. The molecule has 0 atom stereocenters. The van der Waals surface area contributed by atoms with E-state index >= 15 is 0 Å². The van der Waals surface area contributed by atoms with Gasteiger partial charge in [-0.25, -0.2) is 9.97 Å². The van der Waals surface area contributed by atoms with Gasteiger partial charge in [-0.05, 0) is 29.6 Å². The number of ether oxygens (including phenoxy) is 1. The molecule has 25 heavy (non-hydrogen) atoms. The predicted molar refractivity (Wildman–Crippen MR) is 98.4 cm³/mol. The lowest BCUT2D eigenvalue weighted by atomic mass is 10.2. The highest BCUT2D eigenvalue weighted by Crippen LogP contribution is 2.39. The normalized spacial score (nSPS) is 13.7. The molecule has 0 amide bonds. The van der Waals surface area contributed by atoms with Crippen molar-refractivity contribution in [3.05, 3.63) is 41.2 Å². The van der Waals surface area contributed by atoms with Crippen molar-refractivity contribution in [2.45, 2.75) is 0 Å². The number of H-pyrrole nitrogens is 1. The van der Waals surface area contributed by atoms with E-state index < -0.39 is 0 Å². The number of hydrogen-bond acceptors (Lipinski definition) is 7. The number of fused-ring (bicyclic) bond motifs is 2. The van der Waals surface area contributed by atoms with Gasteiger partial charge in [-0.15, -0.1) is 0 Å². The van der Waals surface area contributed by atoms with Crippen LogP contribution < -0.4 is 15.4 Å². The standard InChI is InChI=1S/C17H14N6OS/c18-11-1-2-14-13(7-11)23(4-5-24-14)17-15-12(8-19-22-15)20-16(21-17)10-3-6-25-9-10/h1-3,6-9H,4-5,18H2,(H,19,22). The number of nitrogens with two attached hydrogens (primary N) is 1. The molecule has 8 heteroatoms. The Morgan fingerprint density at radius 2 is 2.20 bits per heavy atom. The minimum Gasteiger partial charge on any atom is -0.490 e. The number of aromatic nitrogens is 4. The van der Waals surface area contributed by atoms with Crippen molar-refractivity contribution in [1.29, 1.82) is 0 Å². The maximum absolute atomic E-state index is 5.99. The van der Waals surface area contributed by atoms with Gasteiger partial charge < -0.3 is 15.4 Å². The summed E-state index contributed by atoms with van der Waals surface area (Å²) in [4.78, 5) is 11.6. The first-order chi connectivity index (χ1) is 12.3. The van der Waals surface area contributed by atoms with Crippen molar-refractivity contribution < 1.29 is 4.74 Å². The number of nitrogens with zero attached hydrogens (tertiary/aromatic N) is 4. The number of nitrogen functional groups attached to an aromatic ring is 1. The summed E-state index contributed by atoms with van der Waals surface area (Å²) in [7, 11) is 0. The van der Waals surface area contributed by atoms with Crippen molar-refractivity contribution in [2.75, 3.05) is 23.8 Å². The zero-order valence-corrected chi connectivity index (χ0v) is 14.0. The van der Waals surface area contributed by atoms with E-state index in [-0.39, 0.29) is 0 Å². The van der Waals surface area contributed by atoms with E-state index in [9.17, 15) is 0 Å². The summed E-state index contributed by atoms with van der Waals surface area (Å²) in [6.45, 7) is 1.25. The zero-order valence-electron chi connectivity index (χ0n) is 13.1. The monoisotopic (exact) mass is 350 g/mol. The van der Waals surface area contributed by atoms with Crippen LogP contribution in [0.25, 0.3) is 22.4 Å². The van der Waals surface area contributed by atoms with Crippen LogP contribution in [-0.4, -0.2) is 33.3 Å². The number of benzene rings is 1. The van der Waals surface area contributed by atoms with Gasteiger partial charge in [-0.1, -0.05) is 0 Å². The highest BCUT2D eigenvalue weighted by molar-refractivity contribution is 7.08. The molecule has 3 N–H and O–H groups in total. The van der Waals surface area contributed by atoms with Gasteiger partial charge in [0.25, 0.3) is 0 Å². The van der Waals surface area contributed by atoms with Crippen molar-refractivity contribution in [2.24, 2.45) is 0 Å². The smallest absolute Gasteiger partial charge is 0.163 e. The van der Waals surface area contributed by atoms with Crippen LogP contribution in [0.2, 0.25) is 0 Å². The molecule has 7 nitrogen and oxygen atoms in total. The summed E-state index contributed by atoms with van der Waals surface area (Å²) < 4.78 is 5.76. The second-order valence-corrected chi connectivity index (χ2v) is 6.52. The topological polar surface area (TPSA) is 93.0 Å². The number of hydrogen-bond donors (Lipinski definition) is 2. The second kappa shape index (κ2) is 5.45. The van der Waals surface area contributed by atoms with Gasteiger partial charge in [-0.3, -0.25) is 5.10 Å². The fraction of sp³-hybridized carbons (Fsp3) is 0.118. The van der Waals surface area contributed by atoms with Crippen LogP contribution in [0.4, 0.5) is 17.2 Å². The Morgan fingerprint density at radius 1 is 1.24 bits per heavy atom. The largest absolute Gasteiger partial charge is 0.490 e. The Labute approximate surface area is 147 Å². The van der Waals surface area contributed by atoms with Crippen LogP contribution in [0.3, 0.4) is 0 Å². The third kappa shape index (κ3) is 2.30. The summed E-state index contributed by atoms with van der Waals surface area (Å²) in [5.74, 6) is 2.25. The van der Waals surface area contributed by atoms with Crippen molar-refractivity contribution in [3.63, 3.8) is 0 Å². The quantitative estimate of drug-likeness (QED) is 0.539. The fourth-order valence-electron chi connectivity index (χ4n) is 3.00. The molecule has 1 aromatic carbocycles. The van der Waals surface area contributed by atoms with Gasteiger partial charge in [0.1, 0.15) is 23.4 Å². The molecule has 4 aromatic rings. The van der Waals surface area contributed by atoms with E-state index in [1.807, 2.05) is 35.0 Å². The molecular formula is C17H14N6OS. The van der Waals surface area contributed by atoms with Gasteiger partial charge in [0.15, 0.2) is 11.6 Å². The molecule has 0 saturated heterocycles. The molecule has 124 valence electrons. The van der Waals surface area contributed by atoms with Gasteiger partial charge in [-0.2, -0.15) is 16.4 Å². The molecule has 0 saturated carbocycles. The third-order valence-corrected chi connectivity index (χ3v) is 4.85. The van der Waals surface area contributed by atoms with Gasteiger partial charge in [0.05, 0.1) is 18.4 Å². The third-order valence-electron chi connectivity index (χ3n) is 4.16. The van der Waals surface area contributed by atoms with Crippen LogP contribution in [0.15, 0.2) is 41.2 Å². The summed E-state index contributed by atoms with van der Waals surface area (Å²) in [5, 5.41) is 11.2. The lowest BCUT2D eigenvalue weighted by Crippen LogP contribution is -2.29. The number of thiophene rings is 1. The fourth-order valence-corrected chi connectivity index (χ4v) is 3.63. The highest BCUT2D eigenvalue weighted by Gasteiger charge is 2.24.